The average Bonchev–Trinajstić information content (AvgIpc) is 2.47. The summed E-state index contributed by atoms with van der Waals surface area (Å²) in [6.07, 6.45) is 4.57. The lowest BCUT2D eigenvalue weighted by molar-refractivity contribution is 0.0429. The molecule has 0 aliphatic carbocycles. The highest BCUT2D eigenvalue weighted by atomic mass is 16.5. The van der Waals surface area contributed by atoms with Gasteiger partial charge in [0.2, 0.25) is 0 Å². The van der Waals surface area contributed by atoms with Crippen LogP contribution in [0, 0.1) is 5.92 Å². The third kappa shape index (κ3) is 4.93. The molecule has 0 bridgehead atoms. The molecule has 0 amide bonds. The van der Waals surface area contributed by atoms with E-state index in [-0.39, 0.29) is 5.97 Å². The van der Waals surface area contributed by atoms with Crippen LogP contribution in [-0.2, 0) is 4.74 Å². The van der Waals surface area contributed by atoms with E-state index in [0.717, 1.165) is 18.5 Å². The number of nitrogens with one attached hydrogen (secondary N) is 1. The third-order valence-corrected chi connectivity index (χ3v) is 3.41. The Kier molecular flexibility index (Phi) is 7.01. The molecular formula is C16H25NO2. The first-order chi connectivity index (χ1) is 9.22. The second-order valence-corrected chi connectivity index (χ2v) is 4.81. The number of unbranched alkanes of at least 4 members (excludes halogenated alkanes) is 1. The molecule has 19 heavy (non-hydrogen) atoms. The van der Waals surface area contributed by atoms with Crippen LogP contribution in [0.25, 0.3) is 0 Å². The van der Waals surface area contributed by atoms with Crippen molar-refractivity contribution in [3.63, 3.8) is 0 Å². The van der Waals surface area contributed by atoms with Gasteiger partial charge >= 0.3 is 5.97 Å². The van der Waals surface area contributed by atoms with E-state index in [2.05, 4.69) is 19.2 Å². The zero-order valence-electron chi connectivity index (χ0n) is 12.2. The summed E-state index contributed by atoms with van der Waals surface area (Å²) in [6.45, 7) is 4.85. The van der Waals surface area contributed by atoms with Gasteiger partial charge in [-0.3, -0.25) is 0 Å². The van der Waals surface area contributed by atoms with Crippen LogP contribution in [0.1, 0.15) is 49.9 Å². The molecule has 106 valence electrons. The Labute approximate surface area is 116 Å². The number of para-hydroxylation sites is 1. The van der Waals surface area contributed by atoms with Crippen LogP contribution < -0.4 is 5.32 Å². The van der Waals surface area contributed by atoms with E-state index >= 15 is 0 Å². The van der Waals surface area contributed by atoms with Crippen molar-refractivity contribution < 1.29 is 9.53 Å². The van der Waals surface area contributed by atoms with Gasteiger partial charge < -0.3 is 10.1 Å². The summed E-state index contributed by atoms with van der Waals surface area (Å²) in [5, 5.41) is 3.01. The Hall–Kier alpha value is -1.51. The number of hydrogen-bond acceptors (Lipinski definition) is 3. The lowest BCUT2D eigenvalue weighted by atomic mass is 10.0. The first-order valence-electron chi connectivity index (χ1n) is 7.16. The van der Waals surface area contributed by atoms with Gasteiger partial charge in [0.1, 0.15) is 0 Å². The van der Waals surface area contributed by atoms with Gasteiger partial charge in [-0.15, -0.1) is 0 Å². The zero-order chi connectivity index (χ0) is 14.1. The summed E-state index contributed by atoms with van der Waals surface area (Å²) in [5.74, 6) is 0.241. The van der Waals surface area contributed by atoms with Gasteiger partial charge in [-0.25, -0.2) is 4.79 Å². The molecule has 0 saturated heterocycles. The summed E-state index contributed by atoms with van der Waals surface area (Å²) in [5.41, 5.74) is 1.42. The monoisotopic (exact) mass is 263 g/mol. The molecule has 1 rings (SSSR count). The number of esters is 1. The number of carbonyl (C=O) groups excluding carboxylic acids is 1. The van der Waals surface area contributed by atoms with Gasteiger partial charge in [-0.2, -0.15) is 0 Å². The molecular weight excluding hydrogens is 238 g/mol. The minimum atomic E-state index is -0.236. The molecule has 3 nitrogen and oxygen atoms in total. The molecule has 1 aromatic rings. The van der Waals surface area contributed by atoms with Crippen LogP contribution in [0.4, 0.5) is 5.69 Å². The molecule has 0 aromatic heterocycles. The lowest BCUT2D eigenvalue weighted by Crippen LogP contribution is -2.15. The Morgan fingerprint density at radius 2 is 2.05 bits per heavy atom. The standard InChI is InChI=1S/C16H25NO2/c1-4-6-9-13(5-2)12-19-16(18)14-10-7-8-11-15(14)17-3/h7-8,10-11,13,17H,4-6,9,12H2,1-3H3. The molecule has 1 unspecified atom stereocenters. The molecule has 0 aliphatic heterocycles. The van der Waals surface area contributed by atoms with Crippen molar-refractivity contribution in [2.45, 2.75) is 39.5 Å². The molecule has 1 atom stereocenters. The minimum Gasteiger partial charge on any atom is -0.462 e. The summed E-state index contributed by atoms with van der Waals surface area (Å²) >= 11 is 0. The fourth-order valence-electron chi connectivity index (χ4n) is 2.05. The predicted molar refractivity (Wildman–Crippen MR) is 79.6 cm³/mol. The summed E-state index contributed by atoms with van der Waals surface area (Å²) in [4.78, 5) is 12.1. The fraction of sp³-hybridized carbons (Fsp3) is 0.562. The van der Waals surface area contributed by atoms with E-state index < -0.39 is 0 Å². The van der Waals surface area contributed by atoms with Crippen molar-refractivity contribution >= 4 is 11.7 Å². The Morgan fingerprint density at radius 1 is 1.32 bits per heavy atom. The van der Waals surface area contributed by atoms with E-state index in [0.29, 0.717) is 18.1 Å². The van der Waals surface area contributed by atoms with Crippen LogP contribution in [0.3, 0.4) is 0 Å². The van der Waals surface area contributed by atoms with E-state index in [9.17, 15) is 4.79 Å². The third-order valence-electron chi connectivity index (χ3n) is 3.41. The SMILES string of the molecule is CCCCC(CC)COC(=O)c1ccccc1NC. The second-order valence-electron chi connectivity index (χ2n) is 4.81. The number of rotatable bonds is 8. The molecule has 0 radical (unpaired) electrons. The largest absolute Gasteiger partial charge is 0.462 e. The van der Waals surface area contributed by atoms with Gasteiger partial charge in [0.25, 0.3) is 0 Å². The van der Waals surface area contributed by atoms with E-state index in [1.807, 2.05) is 25.2 Å². The van der Waals surface area contributed by atoms with Gasteiger partial charge in [0, 0.05) is 12.7 Å². The molecule has 1 aromatic carbocycles. The van der Waals surface area contributed by atoms with Crippen molar-refractivity contribution in [3.05, 3.63) is 29.8 Å². The van der Waals surface area contributed by atoms with Crippen molar-refractivity contribution in [2.24, 2.45) is 5.92 Å². The number of hydrogen-bond donors (Lipinski definition) is 1. The quantitative estimate of drug-likeness (QED) is 0.717. The highest BCUT2D eigenvalue weighted by Gasteiger charge is 2.14. The van der Waals surface area contributed by atoms with E-state index in [1.165, 1.54) is 12.8 Å². The molecule has 0 spiro atoms. The topological polar surface area (TPSA) is 38.3 Å². The second kappa shape index (κ2) is 8.57. The van der Waals surface area contributed by atoms with Crippen molar-refractivity contribution in [1.82, 2.24) is 0 Å². The van der Waals surface area contributed by atoms with E-state index in [1.54, 1.807) is 6.07 Å². The van der Waals surface area contributed by atoms with Gasteiger partial charge in [-0.05, 0) is 24.5 Å². The summed E-state index contributed by atoms with van der Waals surface area (Å²) in [6, 6.07) is 7.43. The molecule has 0 fully saturated rings. The maximum atomic E-state index is 12.1. The van der Waals surface area contributed by atoms with Gasteiger partial charge in [0.15, 0.2) is 0 Å². The van der Waals surface area contributed by atoms with Crippen molar-refractivity contribution in [2.75, 3.05) is 19.0 Å². The summed E-state index contributed by atoms with van der Waals surface area (Å²) < 4.78 is 5.44. The van der Waals surface area contributed by atoms with Crippen molar-refractivity contribution in [3.8, 4) is 0 Å². The van der Waals surface area contributed by atoms with Crippen molar-refractivity contribution in [1.29, 1.82) is 0 Å². The molecule has 3 heteroatoms. The number of carbonyl (C=O) groups is 1. The maximum absolute atomic E-state index is 12.1. The Balaban J connectivity index is 2.54. The first kappa shape index (κ1) is 15.5. The zero-order valence-corrected chi connectivity index (χ0v) is 12.2. The van der Waals surface area contributed by atoms with Crippen LogP contribution in [0.2, 0.25) is 0 Å². The Morgan fingerprint density at radius 3 is 2.68 bits per heavy atom. The van der Waals surface area contributed by atoms with Gasteiger partial charge in [0.05, 0.1) is 12.2 Å². The number of anilines is 1. The molecule has 0 saturated carbocycles. The first-order valence-corrected chi connectivity index (χ1v) is 7.16. The average molecular weight is 263 g/mol. The number of benzene rings is 1. The molecule has 1 N–H and O–H groups in total. The van der Waals surface area contributed by atoms with Crippen LogP contribution >= 0.6 is 0 Å². The summed E-state index contributed by atoms with van der Waals surface area (Å²) in [7, 11) is 1.81. The Bertz CT molecular complexity index is 390. The van der Waals surface area contributed by atoms with E-state index in [4.69, 9.17) is 4.74 Å². The smallest absolute Gasteiger partial charge is 0.340 e. The lowest BCUT2D eigenvalue weighted by Gasteiger charge is -2.15. The maximum Gasteiger partial charge on any atom is 0.340 e. The molecule has 0 aliphatic rings. The van der Waals surface area contributed by atoms with Gasteiger partial charge in [-0.1, -0.05) is 45.2 Å². The highest BCUT2D eigenvalue weighted by molar-refractivity contribution is 5.95. The number of ether oxygens (including phenoxy) is 1. The minimum absolute atomic E-state index is 0.236. The highest BCUT2D eigenvalue weighted by Crippen LogP contribution is 2.17. The fourth-order valence-corrected chi connectivity index (χ4v) is 2.05. The molecule has 0 heterocycles. The van der Waals surface area contributed by atoms with Crippen LogP contribution in [0.15, 0.2) is 24.3 Å². The predicted octanol–water partition coefficient (Wildman–Crippen LogP) is 4.10. The van der Waals surface area contributed by atoms with Crippen LogP contribution in [-0.4, -0.2) is 19.6 Å². The van der Waals surface area contributed by atoms with Crippen LogP contribution in [0.5, 0.6) is 0 Å². The normalized spacial score (nSPS) is 11.9.